The van der Waals surface area contributed by atoms with Gasteiger partial charge in [0.25, 0.3) is 0 Å². The normalized spacial score (nSPS) is 10.4. The second kappa shape index (κ2) is 6.68. The molecule has 0 aliphatic carbocycles. The number of rotatable bonds is 5. The Hall–Kier alpha value is -0.740. The van der Waals surface area contributed by atoms with Crippen molar-refractivity contribution in [3.05, 3.63) is 29.5 Å². The average Bonchev–Trinajstić information content (AvgIpc) is 2.03. The SMILES string of the molecule is CC=C=CCC(C)(C)CCC=C(C)C. The third kappa shape index (κ3) is 7.89. The fraction of sp³-hybridized carbons (Fsp3) is 0.643. The lowest BCUT2D eigenvalue weighted by Gasteiger charge is -2.21. The molecule has 14 heavy (non-hydrogen) atoms. The zero-order chi connectivity index (χ0) is 11.0. The average molecular weight is 192 g/mol. The molecule has 0 saturated carbocycles. The van der Waals surface area contributed by atoms with Crippen LogP contribution in [0.25, 0.3) is 0 Å². The molecule has 0 heterocycles. The molecule has 0 radical (unpaired) electrons. The minimum absolute atomic E-state index is 0.405. The smallest absolute Gasteiger partial charge is 0.0223 e. The molecule has 0 spiro atoms. The Bertz CT molecular complexity index is 231. The van der Waals surface area contributed by atoms with Gasteiger partial charge in [-0.05, 0) is 57.6 Å². The molecule has 80 valence electrons. The summed E-state index contributed by atoms with van der Waals surface area (Å²) in [6, 6.07) is 0. The first-order valence-corrected chi connectivity index (χ1v) is 5.47. The Labute approximate surface area is 89.4 Å². The highest BCUT2D eigenvalue weighted by Gasteiger charge is 2.14. The van der Waals surface area contributed by atoms with Gasteiger partial charge in [0.1, 0.15) is 0 Å². The number of hydrogen-bond acceptors (Lipinski definition) is 0. The van der Waals surface area contributed by atoms with Crippen LogP contribution in [-0.4, -0.2) is 0 Å². The first-order valence-electron chi connectivity index (χ1n) is 5.47. The zero-order valence-electron chi connectivity index (χ0n) is 10.4. The predicted octanol–water partition coefficient (Wildman–Crippen LogP) is 4.88. The van der Waals surface area contributed by atoms with E-state index >= 15 is 0 Å². The van der Waals surface area contributed by atoms with Crippen LogP contribution < -0.4 is 0 Å². The fourth-order valence-electron chi connectivity index (χ4n) is 1.31. The summed E-state index contributed by atoms with van der Waals surface area (Å²) in [7, 11) is 0. The van der Waals surface area contributed by atoms with E-state index in [2.05, 4.69) is 45.6 Å². The van der Waals surface area contributed by atoms with Gasteiger partial charge in [0.2, 0.25) is 0 Å². The molecule has 0 heteroatoms. The van der Waals surface area contributed by atoms with Crippen LogP contribution in [0.4, 0.5) is 0 Å². The molecule has 0 N–H and O–H groups in total. The zero-order valence-corrected chi connectivity index (χ0v) is 10.4. The Morgan fingerprint density at radius 1 is 1.29 bits per heavy atom. The molecule has 0 unspecified atom stereocenters. The highest BCUT2D eigenvalue weighted by Crippen LogP contribution is 2.27. The topological polar surface area (TPSA) is 0 Å². The Kier molecular flexibility index (Phi) is 6.32. The van der Waals surface area contributed by atoms with Gasteiger partial charge in [-0.15, -0.1) is 5.73 Å². The van der Waals surface area contributed by atoms with Crippen LogP contribution in [0.1, 0.15) is 53.9 Å². The monoisotopic (exact) mass is 192 g/mol. The van der Waals surface area contributed by atoms with Crippen molar-refractivity contribution in [1.82, 2.24) is 0 Å². The molecule has 0 aliphatic rings. The lowest BCUT2D eigenvalue weighted by atomic mass is 9.84. The summed E-state index contributed by atoms with van der Waals surface area (Å²) in [5, 5.41) is 0. The molecule has 0 aromatic rings. The Morgan fingerprint density at radius 2 is 1.93 bits per heavy atom. The van der Waals surface area contributed by atoms with Crippen molar-refractivity contribution >= 4 is 0 Å². The van der Waals surface area contributed by atoms with E-state index < -0.39 is 0 Å². The van der Waals surface area contributed by atoms with E-state index in [0.717, 1.165) is 6.42 Å². The Morgan fingerprint density at radius 3 is 2.43 bits per heavy atom. The largest absolute Gasteiger partial charge is 0.130 e. The standard InChI is InChI=1S/C14H24/c1-6-7-8-11-14(4,5)12-9-10-13(2)3/h6,8,10H,9,11-12H2,1-5H3. The van der Waals surface area contributed by atoms with E-state index in [4.69, 9.17) is 0 Å². The molecule has 0 aliphatic heterocycles. The quantitative estimate of drug-likeness (QED) is 0.430. The van der Waals surface area contributed by atoms with Gasteiger partial charge >= 0.3 is 0 Å². The molecule has 0 saturated heterocycles. The molecule has 0 amide bonds. The lowest BCUT2D eigenvalue weighted by Crippen LogP contribution is -2.08. The fourth-order valence-corrected chi connectivity index (χ4v) is 1.31. The van der Waals surface area contributed by atoms with Crippen molar-refractivity contribution in [2.45, 2.75) is 53.9 Å². The second-order valence-corrected chi connectivity index (χ2v) is 4.85. The summed E-state index contributed by atoms with van der Waals surface area (Å²) in [5.41, 5.74) is 4.96. The van der Waals surface area contributed by atoms with Crippen LogP contribution in [-0.2, 0) is 0 Å². The molecule has 0 aromatic carbocycles. The highest BCUT2D eigenvalue weighted by molar-refractivity contribution is 4.94. The van der Waals surface area contributed by atoms with Gasteiger partial charge in [-0.3, -0.25) is 0 Å². The molecule has 0 fully saturated rings. The maximum atomic E-state index is 3.14. The molecule has 0 aromatic heterocycles. The maximum absolute atomic E-state index is 3.14. The van der Waals surface area contributed by atoms with Crippen LogP contribution in [0, 0.1) is 5.41 Å². The van der Waals surface area contributed by atoms with E-state index in [9.17, 15) is 0 Å². The summed E-state index contributed by atoms with van der Waals surface area (Å²) in [5.74, 6) is 0. The van der Waals surface area contributed by atoms with E-state index in [1.165, 1.54) is 18.4 Å². The van der Waals surface area contributed by atoms with Crippen molar-refractivity contribution < 1.29 is 0 Å². The van der Waals surface area contributed by atoms with Crippen LogP contribution in [0.15, 0.2) is 29.5 Å². The summed E-state index contributed by atoms with van der Waals surface area (Å²) in [4.78, 5) is 0. The van der Waals surface area contributed by atoms with E-state index in [1.807, 2.05) is 13.0 Å². The van der Waals surface area contributed by atoms with Gasteiger partial charge in [0, 0.05) is 0 Å². The number of allylic oxidation sites excluding steroid dienone is 3. The van der Waals surface area contributed by atoms with Crippen molar-refractivity contribution in [2.24, 2.45) is 5.41 Å². The molecule has 0 rings (SSSR count). The molecule has 0 atom stereocenters. The Balaban J connectivity index is 3.95. The van der Waals surface area contributed by atoms with Crippen LogP contribution in [0.2, 0.25) is 0 Å². The van der Waals surface area contributed by atoms with Gasteiger partial charge in [-0.25, -0.2) is 0 Å². The van der Waals surface area contributed by atoms with Gasteiger partial charge in [0.15, 0.2) is 0 Å². The van der Waals surface area contributed by atoms with E-state index in [1.54, 1.807) is 0 Å². The van der Waals surface area contributed by atoms with Crippen molar-refractivity contribution in [2.75, 3.05) is 0 Å². The highest BCUT2D eigenvalue weighted by atomic mass is 14.2. The van der Waals surface area contributed by atoms with E-state index in [0.29, 0.717) is 5.41 Å². The first-order chi connectivity index (χ1) is 6.48. The third-order valence-corrected chi connectivity index (χ3v) is 2.31. The third-order valence-electron chi connectivity index (χ3n) is 2.31. The minimum atomic E-state index is 0.405. The maximum Gasteiger partial charge on any atom is -0.0223 e. The minimum Gasteiger partial charge on any atom is -0.130 e. The summed E-state index contributed by atoms with van der Waals surface area (Å²) >= 11 is 0. The summed E-state index contributed by atoms with van der Waals surface area (Å²) in [6.07, 6.45) is 9.99. The van der Waals surface area contributed by atoms with Gasteiger partial charge in [-0.2, -0.15) is 0 Å². The van der Waals surface area contributed by atoms with Gasteiger partial charge in [0.05, 0.1) is 0 Å². The van der Waals surface area contributed by atoms with E-state index in [-0.39, 0.29) is 0 Å². The van der Waals surface area contributed by atoms with Crippen LogP contribution >= 0.6 is 0 Å². The molecule has 0 nitrogen and oxygen atoms in total. The van der Waals surface area contributed by atoms with Gasteiger partial charge < -0.3 is 0 Å². The lowest BCUT2D eigenvalue weighted by molar-refractivity contribution is 0.343. The summed E-state index contributed by atoms with van der Waals surface area (Å²) < 4.78 is 0. The van der Waals surface area contributed by atoms with Crippen LogP contribution in [0.3, 0.4) is 0 Å². The van der Waals surface area contributed by atoms with Crippen molar-refractivity contribution in [3.63, 3.8) is 0 Å². The van der Waals surface area contributed by atoms with Crippen molar-refractivity contribution in [1.29, 1.82) is 0 Å². The second-order valence-electron chi connectivity index (χ2n) is 4.85. The molecular weight excluding hydrogens is 168 g/mol. The van der Waals surface area contributed by atoms with Crippen LogP contribution in [0.5, 0.6) is 0 Å². The van der Waals surface area contributed by atoms with Gasteiger partial charge in [-0.1, -0.05) is 25.5 Å². The summed E-state index contributed by atoms with van der Waals surface area (Å²) in [6.45, 7) is 11.0. The molecule has 0 bridgehead atoms. The predicted molar refractivity (Wildman–Crippen MR) is 65.4 cm³/mol. The number of hydrogen-bond donors (Lipinski definition) is 0. The van der Waals surface area contributed by atoms with Crippen molar-refractivity contribution in [3.8, 4) is 0 Å². The molecular formula is C14H24. The first kappa shape index (κ1) is 13.3.